The van der Waals surface area contributed by atoms with Crippen LogP contribution >= 0.6 is 0 Å². The molecule has 3 heterocycles. The minimum atomic E-state index is -1.08. The molecule has 2 saturated heterocycles. The van der Waals surface area contributed by atoms with E-state index in [1.165, 1.54) is 17.4 Å². The van der Waals surface area contributed by atoms with Crippen LogP contribution in [0.5, 0.6) is 0 Å². The number of guanidine groups is 1. The number of carbonyl (C=O) groups is 4. The highest BCUT2D eigenvalue weighted by Gasteiger charge is 2.38. The Morgan fingerprint density at radius 3 is 2.64 bits per heavy atom. The highest BCUT2D eigenvalue weighted by Crippen LogP contribution is 2.19. The van der Waals surface area contributed by atoms with Gasteiger partial charge in [-0.2, -0.15) is 0 Å². The lowest BCUT2D eigenvalue weighted by Gasteiger charge is -2.29. The van der Waals surface area contributed by atoms with Crippen LogP contribution in [0.3, 0.4) is 0 Å². The average molecular weight is 506 g/mol. The number of imidazole rings is 1. The topological polar surface area (TPSA) is 221 Å². The predicted molar refractivity (Wildman–Crippen MR) is 129 cm³/mol. The van der Waals surface area contributed by atoms with Crippen LogP contribution < -0.4 is 27.4 Å². The zero-order valence-electron chi connectivity index (χ0n) is 20.1. The van der Waals surface area contributed by atoms with Crippen LogP contribution in [-0.4, -0.2) is 93.4 Å². The van der Waals surface area contributed by atoms with Crippen molar-refractivity contribution in [3.63, 3.8) is 0 Å². The van der Waals surface area contributed by atoms with Gasteiger partial charge in [-0.25, -0.2) is 9.78 Å². The Balaban J connectivity index is 1.74. The molecule has 2 aliphatic rings. The van der Waals surface area contributed by atoms with E-state index in [0.29, 0.717) is 31.4 Å². The van der Waals surface area contributed by atoms with Gasteiger partial charge in [0.25, 0.3) is 0 Å². The zero-order chi connectivity index (χ0) is 26.1. The van der Waals surface area contributed by atoms with E-state index < -0.39 is 35.9 Å². The highest BCUT2D eigenvalue weighted by atomic mass is 16.4. The van der Waals surface area contributed by atoms with E-state index in [-0.39, 0.29) is 43.8 Å². The maximum absolute atomic E-state index is 13.4. The number of aromatic amines is 1. The number of carboxylic acid groups (broad SMARTS) is 1. The van der Waals surface area contributed by atoms with Gasteiger partial charge in [0, 0.05) is 31.4 Å². The maximum Gasteiger partial charge on any atom is 0.326 e. The van der Waals surface area contributed by atoms with Gasteiger partial charge in [-0.05, 0) is 45.1 Å². The minimum absolute atomic E-state index is 0.0704. The van der Waals surface area contributed by atoms with Crippen molar-refractivity contribution in [2.75, 3.05) is 19.6 Å². The van der Waals surface area contributed by atoms with Crippen molar-refractivity contribution in [1.82, 2.24) is 30.8 Å². The molecule has 4 atom stereocenters. The first-order valence-electron chi connectivity index (χ1n) is 12.2. The van der Waals surface area contributed by atoms with Crippen LogP contribution in [-0.2, 0) is 25.6 Å². The number of aliphatic carboxylic acids is 1. The van der Waals surface area contributed by atoms with Gasteiger partial charge >= 0.3 is 5.97 Å². The Morgan fingerprint density at radius 2 is 2.00 bits per heavy atom. The Hall–Kier alpha value is -3.68. The summed E-state index contributed by atoms with van der Waals surface area (Å²) in [5.74, 6) is -2.49. The number of hydrogen-bond acceptors (Lipinski definition) is 7. The number of carboxylic acids is 1. The van der Waals surface area contributed by atoms with Crippen molar-refractivity contribution in [3.8, 4) is 0 Å². The molecule has 9 N–H and O–H groups in total. The van der Waals surface area contributed by atoms with Crippen LogP contribution in [0.4, 0.5) is 0 Å². The lowest BCUT2D eigenvalue weighted by Crippen LogP contribution is -2.57. The lowest BCUT2D eigenvalue weighted by atomic mass is 10.1. The molecule has 2 fully saturated rings. The number of nitrogens with two attached hydrogens (primary N) is 2. The van der Waals surface area contributed by atoms with E-state index in [1.807, 2.05) is 0 Å². The third-order valence-corrected chi connectivity index (χ3v) is 6.37. The summed E-state index contributed by atoms with van der Waals surface area (Å²) in [6.45, 7) is 1.28. The molecule has 0 radical (unpaired) electrons. The Morgan fingerprint density at radius 1 is 1.19 bits per heavy atom. The zero-order valence-corrected chi connectivity index (χ0v) is 20.1. The number of aromatic nitrogens is 2. The van der Waals surface area contributed by atoms with Crippen molar-refractivity contribution in [2.45, 2.75) is 69.1 Å². The third-order valence-electron chi connectivity index (χ3n) is 6.37. The molecule has 1 aromatic heterocycles. The number of likely N-dealkylation sites (tertiary alicyclic amines) is 1. The van der Waals surface area contributed by atoms with Crippen molar-refractivity contribution in [2.24, 2.45) is 16.5 Å². The standard InChI is InChI=1S/C22H35N9O5/c23-22(24)27-8-2-5-15(29-18(32)14-4-1-7-26-14)19(33)30-16(10-13-11-25-12-28-13)20(34)31-9-3-6-17(31)21(35)36/h11-12,14-17,26H,1-10H2,(H,25,28)(H,29,32)(H,30,33)(H,35,36)(H4,23,24,27). The predicted octanol–water partition coefficient (Wildman–Crippen LogP) is -2.20. The largest absolute Gasteiger partial charge is 0.480 e. The highest BCUT2D eigenvalue weighted by molar-refractivity contribution is 5.94. The molecule has 14 nitrogen and oxygen atoms in total. The quantitative estimate of drug-likeness (QED) is 0.0929. The van der Waals surface area contributed by atoms with Crippen LogP contribution in [0, 0.1) is 0 Å². The lowest BCUT2D eigenvalue weighted by molar-refractivity contribution is -0.149. The van der Waals surface area contributed by atoms with Crippen LogP contribution in [0.2, 0.25) is 0 Å². The number of rotatable bonds is 12. The fraction of sp³-hybridized carbons (Fsp3) is 0.636. The molecule has 1 aromatic rings. The summed E-state index contributed by atoms with van der Waals surface area (Å²) >= 11 is 0. The number of carbonyl (C=O) groups excluding carboxylic acids is 3. The SMILES string of the molecule is NC(N)=NCCCC(NC(=O)C1CCCN1)C(=O)NC(Cc1cnc[nH]1)C(=O)N1CCCC1C(=O)O. The molecule has 0 saturated carbocycles. The maximum atomic E-state index is 13.4. The summed E-state index contributed by atoms with van der Waals surface area (Å²) < 4.78 is 0. The van der Waals surface area contributed by atoms with Gasteiger partial charge in [-0.3, -0.25) is 19.4 Å². The second-order valence-corrected chi connectivity index (χ2v) is 9.03. The summed E-state index contributed by atoms with van der Waals surface area (Å²) in [5, 5.41) is 18.2. The minimum Gasteiger partial charge on any atom is -0.480 e. The molecule has 0 aliphatic carbocycles. The molecule has 2 aliphatic heterocycles. The van der Waals surface area contributed by atoms with Crippen molar-refractivity contribution in [3.05, 3.63) is 18.2 Å². The van der Waals surface area contributed by atoms with Gasteiger partial charge in [0.1, 0.15) is 18.1 Å². The van der Waals surface area contributed by atoms with Gasteiger partial charge in [-0.15, -0.1) is 0 Å². The number of amides is 3. The van der Waals surface area contributed by atoms with Gasteiger partial charge in [0.15, 0.2) is 5.96 Å². The summed E-state index contributed by atoms with van der Waals surface area (Å²) in [4.78, 5) is 63.2. The molecule has 198 valence electrons. The van der Waals surface area contributed by atoms with Gasteiger partial charge < -0.3 is 42.4 Å². The Labute approximate surface area is 208 Å². The second kappa shape index (κ2) is 12.9. The molecule has 14 heteroatoms. The molecule has 3 amide bonds. The summed E-state index contributed by atoms with van der Waals surface area (Å²) in [7, 11) is 0. The normalized spacial score (nSPS) is 20.9. The first-order chi connectivity index (χ1) is 17.3. The fourth-order valence-corrected chi connectivity index (χ4v) is 4.53. The number of aliphatic imine (C=N–C) groups is 1. The average Bonchev–Trinajstić information content (AvgIpc) is 3.62. The first-order valence-corrected chi connectivity index (χ1v) is 12.2. The van der Waals surface area contributed by atoms with E-state index in [2.05, 4.69) is 30.9 Å². The van der Waals surface area contributed by atoms with Crippen LogP contribution in [0.15, 0.2) is 17.5 Å². The molecule has 36 heavy (non-hydrogen) atoms. The van der Waals surface area contributed by atoms with Gasteiger partial charge in [0.05, 0.1) is 12.4 Å². The summed E-state index contributed by atoms with van der Waals surface area (Å²) in [5.41, 5.74) is 11.3. The van der Waals surface area contributed by atoms with Crippen molar-refractivity contribution in [1.29, 1.82) is 0 Å². The molecular formula is C22H35N9O5. The second-order valence-electron chi connectivity index (χ2n) is 9.03. The van der Waals surface area contributed by atoms with E-state index in [1.54, 1.807) is 0 Å². The Bertz CT molecular complexity index is 942. The molecule has 0 bridgehead atoms. The smallest absolute Gasteiger partial charge is 0.326 e. The van der Waals surface area contributed by atoms with E-state index >= 15 is 0 Å². The van der Waals surface area contributed by atoms with Crippen LogP contribution in [0.25, 0.3) is 0 Å². The third kappa shape index (κ3) is 7.41. The molecule has 3 rings (SSSR count). The molecule has 4 unspecified atom stereocenters. The van der Waals surface area contributed by atoms with Crippen molar-refractivity contribution >= 4 is 29.7 Å². The summed E-state index contributed by atoms with van der Waals surface area (Å²) in [6.07, 6.45) is 6.18. The number of H-pyrrole nitrogens is 1. The fourth-order valence-electron chi connectivity index (χ4n) is 4.53. The molecule has 0 spiro atoms. The van der Waals surface area contributed by atoms with E-state index in [0.717, 1.165) is 13.0 Å². The molecular weight excluding hydrogens is 470 g/mol. The monoisotopic (exact) mass is 505 g/mol. The molecule has 0 aromatic carbocycles. The van der Waals surface area contributed by atoms with Gasteiger partial charge in [-0.1, -0.05) is 0 Å². The van der Waals surface area contributed by atoms with Crippen LogP contribution in [0.1, 0.15) is 44.2 Å². The summed E-state index contributed by atoms with van der Waals surface area (Å²) in [6, 6.07) is -3.30. The van der Waals surface area contributed by atoms with E-state index in [4.69, 9.17) is 11.5 Å². The van der Waals surface area contributed by atoms with Gasteiger partial charge in [0.2, 0.25) is 17.7 Å². The number of nitrogens with one attached hydrogen (secondary N) is 4. The Kier molecular flexibility index (Phi) is 9.61. The number of nitrogens with zero attached hydrogens (tertiary/aromatic N) is 3. The van der Waals surface area contributed by atoms with E-state index in [9.17, 15) is 24.3 Å². The number of hydrogen-bond donors (Lipinski definition) is 7. The van der Waals surface area contributed by atoms with Crippen molar-refractivity contribution < 1.29 is 24.3 Å². The first kappa shape index (κ1) is 26.9.